The van der Waals surface area contributed by atoms with E-state index in [9.17, 15) is 4.79 Å². The predicted molar refractivity (Wildman–Crippen MR) is 65.7 cm³/mol. The van der Waals surface area contributed by atoms with Gasteiger partial charge in [-0.3, -0.25) is 4.79 Å². The molecule has 0 unspecified atom stereocenters. The number of aliphatic carboxylic acids is 1. The van der Waals surface area contributed by atoms with Crippen molar-refractivity contribution in [2.24, 2.45) is 0 Å². The molecule has 2 rings (SSSR count). The van der Waals surface area contributed by atoms with Crippen molar-refractivity contribution >= 4 is 5.97 Å². The first kappa shape index (κ1) is 12.2. The molecule has 1 N–H and O–H groups in total. The summed E-state index contributed by atoms with van der Waals surface area (Å²) in [6.45, 7) is -0.0789. The topological polar surface area (TPSA) is 64.4 Å². The fraction of sp³-hybridized carbons (Fsp3) is 0.231. The number of benzene rings is 1. The summed E-state index contributed by atoms with van der Waals surface area (Å²) in [5.41, 5.74) is 0.984. The van der Waals surface area contributed by atoms with E-state index in [0.29, 0.717) is 12.2 Å². The van der Waals surface area contributed by atoms with Gasteiger partial charge in [0.1, 0.15) is 18.1 Å². The van der Waals surface area contributed by atoms with Crippen molar-refractivity contribution in [3.05, 3.63) is 48.0 Å². The van der Waals surface area contributed by atoms with E-state index >= 15 is 0 Å². The highest BCUT2D eigenvalue weighted by Crippen LogP contribution is 2.20. The molecule has 0 saturated heterocycles. The van der Waals surface area contributed by atoms with E-state index in [4.69, 9.17) is 9.84 Å². The SMILES string of the molecule is COc1ccccc1Cc1nccn1CC(=O)O. The van der Waals surface area contributed by atoms with Crippen molar-refractivity contribution in [1.29, 1.82) is 0 Å². The first-order valence-corrected chi connectivity index (χ1v) is 5.54. The number of carboxylic acids is 1. The third-order valence-corrected chi connectivity index (χ3v) is 2.65. The fourth-order valence-corrected chi connectivity index (χ4v) is 1.82. The van der Waals surface area contributed by atoms with Crippen molar-refractivity contribution in [2.45, 2.75) is 13.0 Å². The van der Waals surface area contributed by atoms with Crippen LogP contribution in [0.25, 0.3) is 0 Å². The lowest BCUT2D eigenvalue weighted by Crippen LogP contribution is -2.11. The lowest BCUT2D eigenvalue weighted by atomic mass is 10.1. The molecular weight excluding hydrogens is 232 g/mol. The molecule has 5 heteroatoms. The Morgan fingerprint density at radius 2 is 2.22 bits per heavy atom. The number of para-hydroxylation sites is 1. The molecular formula is C13H14N2O3. The van der Waals surface area contributed by atoms with E-state index in [1.807, 2.05) is 24.3 Å². The second kappa shape index (κ2) is 5.35. The number of rotatable bonds is 5. The van der Waals surface area contributed by atoms with Gasteiger partial charge in [-0.05, 0) is 6.07 Å². The van der Waals surface area contributed by atoms with Crippen LogP contribution in [0.15, 0.2) is 36.7 Å². The van der Waals surface area contributed by atoms with Crippen molar-refractivity contribution < 1.29 is 14.6 Å². The molecule has 18 heavy (non-hydrogen) atoms. The van der Waals surface area contributed by atoms with Crippen LogP contribution in [0.3, 0.4) is 0 Å². The van der Waals surface area contributed by atoms with Gasteiger partial charge in [0, 0.05) is 24.4 Å². The summed E-state index contributed by atoms with van der Waals surface area (Å²) < 4.78 is 6.88. The Hall–Kier alpha value is -2.30. The molecule has 0 saturated carbocycles. The van der Waals surface area contributed by atoms with Gasteiger partial charge in [0.05, 0.1) is 7.11 Å². The highest BCUT2D eigenvalue weighted by atomic mass is 16.5. The van der Waals surface area contributed by atoms with E-state index in [2.05, 4.69) is 4.98 Å². The molecule has 1 aromatic carbocycles. The van der Waals surface area contributed by atoms with Crippen molar-refractivity contribution in [1.82, 2.24) is 9.55 Å². The average molecular weight is 246 g/mol. The zero-order valence-corrected chi connectivity index (χ0v) is 10.0. The molecule has 0 fully saturated rings. The van der Waals surface area contributed by atoms with Crippen molar-refractivity contribution in [3.8, 4) is 5.75 Å². The molecule has 5 nitrogen and oxygen atoms in total. The quantitative estimate of drug-likeness (QED) is 0.869. The summed E-state index contributed by atoms with van der Waals surface area (Å²) in [6.07, 6.45) is 3.82. The third-order valence-electron chi connectivity index (χ3n) is 2.65. The summed E-state index contributed by atoms with van der Waals surface area (Å²) in [5, 5.41) is 8.80. The van der Waals surface area contributed by atoms with Gasteiger partial charge in [-0.25, -0.2) is 4.98 Å². The summed E-state index contributed by atoms with van der Waals surface area (Å²) in [7, 11) is 1.61. The first-order chi connectivity index (χ1) is 8.70. The number of hydrogen-bond acceptors (Lipinski definition) is 3. The third kappa shape index (κ3) is 2.68. The van der Waals surface area contributed by atoms with Crippen LogP contribution in [0.1, 0.15) is 11.4 Å². The molecule has 0 bridgehead atoms. The van der Waals surface area contributed by atoms with Gasteiger partial charge in [0.2, 0.25) is 0 Å². The number of ether oxygens (including phenoxy) is 1. The largest absolute Gasteiger partial charge is 0.496 e. The first-order valence-electron chi connectivity index (χ1n) is 5.54. The maximum Gasteiger partial charge on any atom is 0.323 e. The number of nitrogens with zero attached hydrogens (tertiary/aromatic N) is 2. The number of hydrogen-bond donors (Lipinski definition) is 1. The van der Waals surface area contributed by atoms with E-state index < -0.39 is 5.97 Å². The Labute approximate surface area is 105 Å². The van der Waals surface area contributed by atoms with Gasteiger partial charge >= 0.3 is 5.97 Å². The fourth-order valence-electron chi connectivity index (χ4n) is 1.82. The summed E-state index contributed by atoms with van der Waals surface area (Å²) in [5.74, 6) is 0.610. The van der Waals surface area contributed by atoms with Gasteiger partial charge in [-0.2, -0.15) is 0 Å². The van der Waals surface area contributed by atoms with Gasteiger partial charge in [-0.1, -0.05) is 18.2 Å². The molecule has 0 aliphatic carbocycles. The zero-order chi connectivity index (χ0) is 13.0. The van der Waals surface area contributed by atoms with Crippen LogP contribution in [0, 0.1) is 0 Å². The Morgan fingerprint density at radius 3 is 2.94 bits per heavy atom. The van der Waals surface area contributed by atoms with E-state index in [1.165, 1.54) is 0 Å². The van der Waals surface area contributed by atoms with Gasteiger partial charge in [-0.15, -0.1) is 0 Å². The van der Waals surface area contributed by atoms with Gasteiger partial charge in [0.15, 0.2) is 0 Å². The highest BCUT2D eigenvalue weighted by molar-refractivity contribution is 5.66. The average Bonchev–Trinajstić information content (AvgIpc) is 2.76. The predicted octanol–water partition coefficient (Wildman–Crippen LogP) is 1.57. The Balaban J connectivity index is 2.23. The Morgan fingerprint density at radius 1 is 1.44 bits per heavy atom. The summed E-state index contributed by atoms with van der Waals surface area (Å²) in [6, 6.07) is 7.63. The standard InChI is InChI=1S/C13H14N2O3/c1-18-11-5-3-2-4-10(11)8-12-14-6-7-15(12)9-13(16)17/h2-7H,8-9H2,1H3,(H,16,17). The Kier molecular flexibility index (Phi) is 3.62. The number of methoxy groups -OCH3 is 1. The summed E-state index contributed by atoms with van der Waals surface area (Å²) >= 11 is 0. The summed E-state index contributed by atoms with van der Waals surface area (Å²) in [4.78, 5) is 14.9. The second-order valence-corrected chi connectivity index (χ2v) is 3.85. The molecule has 0 aliphatic heterocycles. The smallest absolute Gasteiger partial charge is 0.323 e. The lowest BCUT2D eigenvalue weighted by Gasteiger charge is -2.09. The molecule has 0 spiro atoms. The van der Waals surface area contributed by atoms with Crippen LogP contribution < -0.4 is 4.74 Å². The van der Waals surface area contributed by atoms with Gasteiger partial charge in [0.25, 0.3) is 0 Å². The molecule has 1 heterocycles. The van der Waals surface area contributed by atoms with Crippen LogP contribution >= 0.6 is 0 Å². The molecule has 0 atom stereocenters. The molecule has 0 radical (unpaired) electrons. The molecule has 94 valence electrons. The minimum atomic E-state index is -0.880. The maximum absolute atomic E-state index is 10.7. The number of aromatic nitrogens is 2. The maximum atomic E-state index is 10.7. The van der Waals surface area contributed by atoms with Crippen LogP contribution in [0.5, 0.6) is 5.75 Å². The molecule has 1 aromatic heterocycles. The molecule has 2 aromatic rings. The lowest BCUT2D eigenvalue weighted by molar-refractivity contribution is -0.137. The minimum Gasteiger partial charge on any atom is -0.496 e. The van der Waals surface area contributed by atoms with Gasteiger partial charge < -0.3 is 14.4 Å². The van der Waals surface area contributed by atoms with E-state index in [1.54, 1.807) is 24.1 Å². The van der Waals surface area contributed by atoms with E-state index in [-0.39, 0.29) is 6.54 Å². The van der Waals surface area contributed by atoms with Crippen LogP contribution in [-0.4, -0.2) is 27.7 Å². The zero-order valence-electron chi connectivity index (χ0n) is 10.0. The number of imidazole rings is 1. The van der Waals surface area contributed by atoms with Crippen LogP contribution in [0.4, 0.5) is 0 Å². The second-order valence-electron chi connectivity index (χ2n) is 3.85. The monoisotopic (exact) mass is 246 g/mol. The van der Waals surface area contributed by atoms with Crippen LogP contribution in [-0.2, 0) is 17.8 Å². The van der Waals surface area contributed by atoms with E-state index in [0.717, 1.165) is 11.3 Å². The van der Waals surface area contributed by atoms with Crippen LogP contribution in [0.2, 0.25) is 0 Å². The number of carbonyl (C=O) groups is 1. The minimum absolute atomic E-state index is 0.0789. The number of carboxylic acid groups (broad SMARTS) is 1. The normalized spacial score (nSPS) is 10.3. The molecule has 0 amide bonds. The highest BCUT2D eigenvalue weighted by Gasteiger charge is 2.09. The molecule has 0 aliphatic rings. The van der Waals surface area contributed by atoms with Crippen molar-refractivity contribution in [3.63, 3.8) is 0 Å². The Bertz CT molecular complexity index is 549. The van der Waals surface area contributed by atoms with Crippen molar-refractivity contribution in [2.75, 3.05) is 7.11 Å².